The predicted molar refractivity (Wildman–Crippen MR) is 101 cm³/mol. The van der Waals surface area contributed by atoms with Crippen molar-refractivity contribution in [1.82, 2.24) is 4.98 Å². The standard InChI is InChI=1S/C21H18N2O3/c24-21(23-17-13-16-4-1-2-5-18(16)22-14-17)9-7-15-6-8-19-20(12-15)26-11-3-10-25-19/h1-2,4-9,12-14H,3,10-11H2,(H,23,24)/b9-7+. The van der Waals surface area contributed by atoms with Crippen LogP contribution in [0.5, 0.6) is 11.5 Å². The van der Waals surface area contributed by atoms with Crippen LogP contribution in [0.3, 0.4) is 0 Å². The van der Waals surface area contributed by atoms with Crippen LogP contribution >= 0.6 is 0 Å². The lowest BCUT2D eigenvalue weighted by atomic mass is 10.2. The fourth-order valence-corrected chi connectivity index (χ4v) is 2.78. The average Bonchev–Trinajstić information content (AvgIpc) is 2.91. The van der Waals surface area contributed by atoms with Gasteiger partial charge in [0.1, 0.15) is 0 Å². The molecule has 1 N–H and O–H groups in total. The molecule has 5 nitrogen and oxygen atoms in total. The first-order valence-corrected chi connectivity index (χ1v) is 8.51. The van der Waals surface area contributed by atoms with E-state index in [-0.39, 0.29) is 5.91 Å². The summed E-state index contributed by atoms with van der Waals surface area (Å²) >= 11 is 0. The third-order valence-corrected chi connectivity index (χ3v) is 4.06. The van der Waals surface area contributed by atoms with Gasteiger partial charge in [-0.25, -0.2) is 0 Å². The van der Waals surface area contributed by atoms with E-state index in [1.54, 1.807) is 12.3 Å². The molecule has 0 fully saturated rings. The van der Waals surface area contributed by atoms with E-state index < -0.39 is 0 Å². The van der Waals surface area contributed by atoms with Crippen LogP contribution in [-0.4, -0.2) is 24.1 Å². The van der Waals surface area contributed by atoms with Crippen molar-refractivity contribution in [3.63, 3.8) is 0 Å². The van der Waals surface area contributed by atoms with E-state index in [1.807, 2.05) is 48.5 Å². The first-order valence-electron chi connectivity index (χ1n) is 8.51. The molecule has 0 bridgehead atoms. The van der Waals surface area contributed by atoms with Crippen molar-refractivity contribution in [2.75, 3.05) is 18.5 Å². The zero-order valence-electron chi connectivity index (χ0n) is 14.1. The molecule has 5 heteroatoms. The number of ether oxygens (including phenoxy) is 2. The quantitative estimate of drug-likeness (QED) is 0.727. The Bertz CT molecular complexity index is 982. The minimum absolute atomic E-state index is 0.214. The summed E-state index contributed by atoms with van der Waals surface area (Å²) in [6.45, 7) is 1.29. The monoisotopic (exact) mass is 346 g/mol. The van der Waals surface area contributed by atoms with Gasteiger partial charge >= 0.3 is 0 Å². The summed E-state index contributed by atoms with van der Waals surface area (Å²) in [5.41, 5.74) is 2.44. The van der Waals surface area contributed by atoms with Crippen molar-refractivity contribution in [1.29, 1.82) is 0 Å². The number of nitrogens with one attached hydrogen (secondary N) is 1. The molecule has 1 amide bonds. The third kappa shape index (κ3) is 3.67. The first-order chi connectivity index (χ1) is 12.8. The molecule has 0 spiro atoms. The number of pyridine rings is 1. The summed E-state index contributed by atoms with van der Waals surface area (Å²) in [6.07, 6.45) is 5.76. The third-order valence-electron chi connectivity index (χ3n) is 4.06. The molecule has 1 aromatic heterocycles. The normalized spacial score (nSPS) is 13.5. The minimum Gasteiger partial charge on any atom is -0.490 e. The van der Waals surface area contributed by atoms with Gasteiger partial charge in [-0.05, 0) is 35.9 Å². The van der Waals surface area contributed by atoms with Gasteiger partial charge in [0.05, 0.1) is 30.6 Å². The second-order valence-electron chi connectivity index (χ2n) is 6.00. The second kappa shape index (κ2) is 7.27. The maximum absolute atomic E-state index is 12.2. The molecule has 4 rings (SSSR count). The Kier molecular flexibility index (Phi) is 4.51. The number of benzene rings is 2. The largest absolute Gasteiger partial charge is 0.490 e. The van der Waals surface area contributed by atoms with Crippen molar-refractivity contribution in [2.45, 2.75) is 6.42 Å². The molecule has 0 aliphatic carbocycles. The van der Waals surface area contributed by atoms with Gasteiger partial charge in [-0.1, -0.05) is 24.3 Å². The molecular weight excluding hydrogens is 328 g/mol. The Labute approximate surface area is 151 Å². The number of hydrogen-bond acceptors (Lipinski definition) is 4. The number of nitrogens with zero attached hydrogens (tertiary/aromatic N) is 1. The van der Waals surface area contributed by atoms with E-state index in [2.05, 4.69) is 10.3 Å². The molecule has 1 aliphatic heterocycles. The minimum atomic E-state index is -0.214. The Balaban J connectivity index is 1.46. The van der Waals surface area contributed by atoms with Crippen LogP contribution in [0, 0.1) is 0 Å². The summed E-state index contributed by atoms with van der Waals surface area (Å²) in [4.78, 5) is 16.5. The van der Waals surface area contributed by atoms with Crippen LogP contribution in [0.4, 0.5) is 5.69 Å². The molecule has 0 atom stereocenters. The molecular formula is C21H18N2O3. The van der Waals surface area contributed by atoms with E-state index in [1.165, 1.54) is 6.08 Å². The fourth-order valence-electron chi connectivity index (χ4n) is 2.78. The van der Waals surface area contributed by atoms with Crippen LogP contribution in [0.25, 0.3) is 17.0 Å². The van der Waals surface area contributed by atoms with Gasteiger partial charge in [0.15, 0.2) is 11.5 Å². The van der Waals surface area contributed by atoms with Gasteiger partial charge in [0.25, 0.3) is 0 Å². The molecule has 26 heavy (non-hydrogen) atoms. The van der Waals surface area contributed by atoms with E-state index in [0.717, 1.165) is 28.6 Å². The number of hydrogen-bond donors (Lipinski definition) is 1. The lowest BCUT2D eigenvalue weighted by Gasteiger charge is -2.07. The highest BCUT2D eigenvalue weighted by atomic mass is 16.5. The Morgan fingerprint density at radius 3 is 2.81 bits per heavy atom. The van der Waals surface area contributed by atoms with Crippen LogP contribution in [0.15, 0.2) is 60.8 Å². The maximum Gasteiger partial charge on any atom is 0.248 e. The Morgan fingerprint density at radius 2 is 1.88 bits per heavy atom. The summed E-state index contributed by atoms with van der Waals surface area (Å²) in [5.74, 6) is 1.24. The number of rotatable bonds is 3. The summed E-state index contributed by atoms with van der Waals surface area (Å²) in [5, 5.41) is 3.82. The average molecular weight is 346 g/mol. The van der Waals surface area contributed by atoms with E-state index in [0.29, 0.717) is 24.7 Å². The molecule has 3 aromatic rings. The Hall–Kier alpha value is -3.34. The van der Waals surface area contributed by atoms with Crippen LogP contribution in [-0.2, 0) is 4.79 Å². The van der Waals surface area contributed by atoms with Gasteiger partial charge in [-0.15, -0.1) is 0 Å². The van der Waals surface area contributed by atoms with Gasteiger partial charge in [-0.2, -0.15) is 0 Å². The lowest BCUT2D eigenvalue weighted by Crippen LogP contribution is -2.07. The van der Waals surface area contributed by atoms with E-state index in [4.69, 9.17) is 9.47 Å². The lowest BCUT2D eigenvalue weighted by molar-refractivity contribution is -0.111. The number of amides is 1. The molecule has 2 aromatic carbocycles. The number of para-hydroxylation sites is 1. The van der Waals surface area contributed by atoms with E-state index >= 15 is 0 Å². The molecule has 0 radical (unpaired) electrons. The van der Waals surface area contributed by atoms with Gasteiger partial charge < -0.3 is 14.8 Å². The van der Waals surface area contributed by atoms with Crippen molar-refractivity contribution in [3.05, 3.63) is 66.4 Å². The highest BCUT2D eigenvalue weighted by molar-refractivity contribution is 6.02. The predicted octanol–water partition coefficient (Wildman–Crippen LogP) is 4.05. The highest BCUT2D eigenvalue weighted by Crippen LogP contribution is 2.30. The van der Waals surface area contributed by atoms with Crippen molar-refractivity contribution in [3.8, 4) is 11.5 Å². The first kappa shape index (κ1) is 16.1. The summed E-state index contributed by atoms with van der Waals surface area (Å²) in [6, 6.07) is 15.3. The van der Waals surface area contributed by atoms with Crippen molar-refractivity contribution >= 4 is 28.6 Å². The zero-order valence-corrected chi connectivity index (χ0v) is 14.1. The van der Waals surface area contributed by atoms with Crippen molar-refractivity contribution in [2.24, 2.45) is 0 Å². The van der Waals surface area contributed by atoms with Crippen LogP contribution in [0.2, 0.25) is 0 Å². The number of fused-ring (bicyclic) bond motifs is 2. The van der Waals surface area contributed by atoms with Crippen LogP contribution in [0.1, 0.15) is 12.0 Å². The molecule has 0 saturated heterocycles. The molecule has 0 saturated carbocycles. The molecule has 130 valence electrons. The summed E-state index contributed by atoms with van der Waals surface area (Å²) < 4.78 is 11.3. The number of aromatic nitrogens is 1. The Morgan fingerprint density at radius 1 is 1.04 bits per heavy atom. The number of carbonyl (C=O) groups is 1. The number of carbonyl (C=O) groups excluding carboxylic acids is 1. The van der Waals surface area contributed by atoms with Gasteiger partial charge in [0, 0.05) is 17.9 Å². The smallest absolute Gasteiger partial charge is 0.248 e. The zero-order chi connectivity index (χ0) is 17.8. The van der Waals surface area contributed by atoms with Crippen molar-refractivity contribution < 1.29 is 14.3 Å². The maximum atomic E-state index is 12.2. The second-order valence-corrected chi connectivity index (χ2v) is 6.00. The topological polar surface area (TPSA) is 60.5 Å². The summed E-state index contributed by atoms with van der Waals surface area (Å²) in [7, 11) is 0. The number of anilines is 1. The molecule has 0 unspecified atom stereocenters. The van der Waals surface area contributed by atoms with E-state index in [9.17, 15) is 4.79 Å². The van der Waals surface area contributed by atoms with Gasteiger partial charge in [-0.3, -0.25) is 9.78 Å². The molecule has 2 heterocycles. The molecule has 1 aliphatic rings. The highest BCUT2D eigenvalue weighted by Gasteiger charge is 2.09. The van der Waals surface area contributed by atoms with Crippen LogP contribution < -0.4 is 14.8 Å². The fraction of sp³-hybridized carbons (Fsp3) is 0.143. The SMILES string of the molecule is O=C(/C=C/c1ccc2c(c1)OCCCO2)Nc1cnc2ccccc2c1. The van der Waals surface area contributed by atoms with Gasteiger partial charge in [0.2, 0.25) is 5.91 Å².